The van der Waals surface area contributed by atoms with E-state index in [0.717, 1.165) is 37.6 Å². The Kier molecular flexibility index (Phi) is 3.16. The van der Waals surface area contributed by atoms with Crippen LogP contribution in [0.4, 0.5) is 0 Å². The molecule has 1 aromatic rings. The average molecular weight is 263 g/mol. The topological polar surface area (TPSA) is 60.7 Å². The highest BCUT2D eigenvalue weighted by atomic mass is 15.9. The van der Waals surface area contributed by atoms with E-state index in [4.69, 9.17) is 0 Å². The molecule has 0 radical (unpaired) electrons. The normalized spacial score (nSPS) is 20.7. The smallest absolute Gasteiger partial charge is 0.191 e. The van der Waals surface area contributed by atoms with Crippen molar-refractivity contribution in [2.75, 3.05) is 13.6 Å². The highest BCUT2D eigenvalue weighted by Crippen LogP contribution is 2.16. The number of aromatic nitrogens is 2. The molecule has 1 aromatic heterocycles. The van der Waals surface area contributed by atoms with Gasteiger partial charge in [0.05, 0.1) is 5.69 Å². The lowest BCUT2D eigenvalue weighted by Gasteiger charge is -2.23. The van der Waals surface area contributed by atoms with Gasteiger partial charge in [0, 0.05) is 32.7 Å². The summed E-state index contributed by atoms with van der Waals surface area (Å²) in [5.41, 5.74) is 8.11. The van der Waals surface area contributed by atoms with Gasteiger partial charge in [-0.25, -0.2) is 5.53 Å². The van der Waals surface area contributed by atoms with Gasteiger partial charge in [-0.15, -0.1) is 10.2 Å². The fourth-order valence-electron chi connectivity index (χ4n) is 2.49. The Bertz CT molecular complexity index is 490. The molecule has 0 amide bonds. The number of rotatable bonds is 2. The summed E-state index contributed by atoms with van der Waals surface area (Å²) in [7, 11) is 1.87. The van der Waals surface area contributed by atoms with Crippen molar-refractivity contribution in [1.29, 1.82) is 0 Å². The third-order valence-electron chi connectivity index (χ3n) is 3.60. The second-order valence-corrected chi connectivity index (χ2v) is 5.39. The van der Waals surface area contributed by atoms with Gasteiger partial charge in [-0.2, -0.15) is 5.10 Å². The van der Waals surface area contributed by atoms with Crippen molar-refractivity contribution in [3.05, 3.63) is 17.5 Å². The molecule has 2 aliphatic heterocycles. The summed E-state index contributed by atoms with van der Waals surface area (Å²) in [6.45, 7) is 7.57. The minimum atomic E-state index is 0.569. The van der Waals surface area contributed by atoms with Gasteiger partial charge in [0.25, 0.3) is 0 Å². The maximum atomic E-state index is 4.65. The quantitative estimate of drug-likeness (QED) is 0.793. The number of hydrogen-bond acceptors (Lipinski definition) is 6. The van der Waals surface area contributed by atoms with Crippen molar-refractivity contribution in [2.24, 2.45) is 5.10 Å². The van der Waals surface area contributed by atoms with Crippen LogP contribution in [0.3, 0.4) is 0 Å². The monoisotopic (exact) mass is 263 g/mol. The zero-order chi connectivity index (χ0) is 13.4. The first-order valence-electron chi connectivity index (χ1n) is 6.78. The number of hydrazine groups is 2. The Morgan fingerprint density at radius 1 is 1.32 bits per heavy atom. The van der Waals surface area contributed by atoms with Crippen molar-refractivity contribution in [1.82, 2.24) is 30.8 Å². The molecule has 2 aliphatic rings. The molecule has 0 unspecified atom stereocenters. The summed E-state index contributed by atoms with van der Waals surface area (Å²) in [4.78, 5) is 2.48. The third-order valence-corrected chi connectivity index (χ3v) is 3.60. The van der Waals surface area contributed by atoms with Crippen molar-refractivity contribution in [2.45, 2.75) is 39.4 Å². The molecule has 0 atom stereocenters. The molecule has 7 nitrogen and oxygen atoms in total. The Morgan fingerprint density at radius 2 is 2.16 bits per heavy atom. The predicted molar refractivity (Wildman–Crippen MR) is 73.0 cm³/mol. The Hall–Kier alpha value is -1.60. The fourth-order valence-corrected chi connectivity index (χ4v) is 2.49. The van der Waals surface area contributed by atoms with Crippen LogP contribution in [0.1, 0.15) is 31.7 Å². The van der Waals surface area contributed by atoms with Crippen molar-refractivity contribution in [3.8, 4) is 0 Å². The highest BCUT2D eigenvalue weighted by molar-refractivity contribution is 5.97. The number of hydrazone groups is 1. The van der Waals surface area contributed by atoms with Crippen LogP contribution in [-0.2, 0) is 13.1 Å². The van der Waals surface area contributed by atoms with Crippen LogP contribution in [0.25, 0.3) is 0 Å². The second kappa shape index (κ2) is 4.82. The van der Waals surface area contributed by atoms with Crippen molar-refractivity contribution in [3.63, 3.8) is 0 Å². The molecular formula is C12H21N7. The number of fused-ring (bicyclic) bond motifs is 1. The summed E-state index contributed by atoms with van der Waals surface area (Å²) < 4.78 is 2.11. The van der Waals surface area contributed by atoms with Gasteiger partial charge < -0.3 is 0 Å². The van der Waals surface area contributed by atoms with Gasteiger partial charge >= 0.3 is 0 Å². The number of aryl methyl sites for hydroxylation is 1. The number of nitrogens with zero attached hydrogens (tertiary/aromatic N) is 5. The molecule has 3 heterocycles. The van der Waals surface area contributed by atoms with E-state index in [0.29, 0.717) is 6.04 Å². The minimum absolute atomic E-state index is 0.569. The van der Waals surface area contributed by atoms with Gasteiger partial charge in [-0.05, 0) is 26.3 Å². The summed E-state index contributed by atoms with van der Waals surface area (Å²) in [6.07, 6.45) is 1.14. The van der Waals surface area contributed by atoms with Crippen LogP contribution < -0.4 is 11.0 Å². The summed E-state index contributed by atoms with van der Waals surface area (Å²) in [5, 5.41) is 10.6. The Balaban J connectivity index is 1.83. The van der Waals surface area contributed by atoms with Gasteiger partial charge in [0.1, 0.15) is 5.69 Å². The van der Waals surface area contributed by atoms with Gasteiger partial charge in [0.15, 0.2) is 5.84 Å². The standard InChI is InChI=1S/C12H21N7/c1-9(2)18-5-4-6-19-10(8-18)7-11(14-19)12-13-16-17(3)15-12/h7,9,16H,4-6,8H2,1-3H3,(H,13,15). The molecule has 0 fully saturated rings. The molecule has 0 bridgehead atoms. The maximum absolute atomic E-state index is 4.65. The number of amidine groups is 1. The first kappa shape index (κ1) is 12.4. The van der Waals surface area contributed by atoms with Crippen LogP contribution in [0.2, 0.25) is 0 Å². The molecule has 0 saturated heterocycles. The van der Waals surface area contributed by atoms with E-state index in [-0.39, 0.29) is 0 Å². The molecule has 7 heteroatoms. The fraction of sp³-hybridized carbons (Fsp3) is 0.667. The molecule has 0 saturated carbocycles. The van der Waals surface area contributed by atoms with E-state index < -0.39 is 0 Å². The van der Waals surface area contributed by atoms with E-state index in [9.17, 15) is 0 Å². The van der Waals surface area contributed by atoms with E-state index in [1.165, 1.54) is 5.69 Å². The van der Waals surface area contributed by atoms with Crippen LogP contribution >= 0.6 is 0 Å². The second-order valence-electron chi connectivity index (χ2n) is 5.39. The SMILES string of the molecule is CC(C)N1CCCn2nc(C3=NNN(C)N3)cc2C1. The molecule has 3 rings (SSSR count). The molecule has 19 heavy (non-hydrogen) atoms. The lowest BCUT2D eigenvalue weighted by Crippen LogP contribution is -2.37. The van der Waals surface area contributed by atoms with E-state index in [1.54, 1.807) is 5.12 Å². The van der Waals surface area contributed by atoms with E-state index >= 15 is 0 Å². The summed E-state index contributed by atoms with van der Waals surface area (Å²) >= 11 is 0. The maximum Gasteiger partial charge on any atom is 0.191 e. The lowest BCUT2D eigenvalue weighted by atomic mass is 10.2. The predicted octanol–water partition coefficient (Wildman–Crippen LogP) is 0.113. The number of hydrogen-bond donors (Lipinski definition) is 2. The van der Waals surface area contributed by atoms with Crippen LogP contribution in [-0.4, -0.2) is 45.3 Å². The largest absolute Gasteiger partial charge is 0.295 e. The zero-order valence-corrected chi connectivity index (χ0v) is 11.7. The van der Waals surface area contributed by atoms with Crippen LogP contribution in [0.15, 0.2) is 11.2 Å². The lowest BCUT2D eigenvalue weighted by molar-refractivity contribution is 0.216. The van der Waals surface area contributed by atoms with Crippen molar-refractivity contribution >= 4 is 5.84 Å². The number of nitrogens with one attached hydrogen (secondary N) is 2. The molecular weight excluding hydrogens is 242 g/mol. The minimum Gasteiger partial charge on any atom is -0.295 e. The van der Waals surface area contributed by atoms with E-state index in [1.807, 2.05) is 7.05 Å². The van der Waals surface area contributed by atoms with Gasteiger partial charge in [0.2, 0.25) is 0 Å². The van der Waals surface area contributed by atoms with Gasteiger partial charge in [-0.1, -0.05) is 0 Å². The molecule has 104 valence electrons. The first-order valence-corrected chi connectivity index (χ1v) is 6.78. The highest BCUT2D eigenvalue weighted by Gasteiger charge is 2.21. The Labute approximate surface area is 113 Å². The summed E-state index contributed by atoms with van der Waals surface area (Å²) in [6, 6.07) is 2.70. The van der Waals surface area contributed by atoms with E-state index in [2.05, 4.69) is 50.7 Å². The molecule has 0 aliphatic carbocycles. The van der Waals surface area contributed by atoms with Crippen LogP contribution in [0.5, 0.6) is 0 Å². The molecule has 0 aromatic carbocycles. The molecule has 0 spiro atoms. The summed E-state index contributed by atoms with van der Waals surface area (Å²) in [5.74, 6) is 0.777. The van der Waals surface area contributed by atoms with Gasteiger partial charge in [-0.3, -0.25) is 15.0 Å². The third kappa shape index (κ3) is 2.43. The average Bonchev–Trinajstić information content (AvgIpc) is 2.90. The first-order chi connectivity index (χ1) is 9.13. The van der Waals surface area contributed by atoms with Crippen molar-refractivity contribution < 1.29 is 0 Å². The zero-order valence-electron chi connectivity index (χ0n) is 11.7. The molecule has 2 N–H and O–H groups in total. The van der Waals surface area contributed by atoms with Crippen LogP contribution in [0, 0.1) is 0 Å². The Morgan fingerprint density at radius 3 is 2.84 bits per heavy atom.